The van der Waals surface area contributed by atoms with Crippen LogP contribution in [0.5, 0.6) is 17.2 Å². The van der Waals surface area contributed by atoms with Crippen LogP contribution >= 0.6 is 24.0 Å². The minimum Gasteiger partial charge on any atom is -0.496 e. The first-order valence-electron chi connectivity index (χ1n) is 9.90. The number of hydrogen-bond acceptors (Lipinski definition) is 5. The lowest BCUT2D eigenvalue weighted by molar-refractivity contribution is 0.243. The van der Waals surface area contributed by atoms with Crippen LogP contribution in [0.1, 0.15) is 39.2 Å². The van der Waals surface area contributed by atoms with Gasteiger partial charge in [0.2, 0.25) is 0 Å². The molecule has 7 nitrogen and oxygen atoms in total. The maximum Gasteiger partial charge on any atom is 0.191 e. The van der Waals surface area contributed by atoms with E-state index in [1.807, 2.05) is 19.1 Å². The molecule has 168 valence electrons. The van der Waals surface area contributed by atoms with Crippen molar-refractivity contribution in [3.8, 4) is 17.2 Å². The van der Waals surface area contributed by atoms with Gasteiger partial charge >= 0.3 is 0 Å². The number of ether oxygens (including phenoxy) is 3. The van der Waals surface area contributed by atoms with E-state index < -0.39 is 0 Å². The van der Waals surface area contributed by atoms with Gasteiger partial charge in [-0.2, -0.15) is 0 Å². The fourth-order valence-corrected chi connectivity index (χ4v) is 3.13. The Morgan fingerprint density at radius 2 is 1.69 bits per heavy atom. The Morgan fingerprint density at radius 3 is 2.14 bits per heavy atom. The van der Waals surface area contributed by atoms with Gasteiger partial charge in [0.25, 0.3) is 0 Å². The molecule has 0 amide bonds. The van der Waals surface area contributed by atoms with Gasteiger partial charge in [-0.1, -0.05) is 13.8 Å². The zero-order valence-corrected chi connectivity index (χ0v) is 20.9. The monoisotopic (exact) mass is 523 g/mol. The second-order valence-electron chi connectivity index (χ2n) is 7.09. The van der Waals surface area contributed by atoms with Gasteiger partial charge in [0, 0.05) is 31.8 Å². The SMILES string of the molecule is CCNC(=NCc1c(OC)cc(OC)cc1OC)NCC(CCO)CC(C)C.I. The van der Waals surface area contributed by atoms with Crippen LogP contribution in [0.4, 0.5) is 0 Å². The summed E-state index contributed by atoms with van der Waals surface area (Å²) in [4.78, 5) is 4.70. The number of methoxy groups -OCH3 is 3. The first-order valence-corrected chi connectivity index (χ1v) is 9.90. The summed E-state index contributed by atoms with van der Waals surface area (Å²) in [5.41, 5.74) is 0.858. The molecule has 29 heavy (non-hydrogen) atoms. The van der Waals surface area contributed by atoms with E-state index in [9.17, 15) is 5.11 Å². The standard InChI is InChI=1S/C21H37N3O4.HI/c1-7-22-21(23-13-16(8-9-25)10-15(2)3)24-14-18-19(27-5)11-17(26-4)12-20(18)28-6;/h11-12,15-16,25H,7-10,13-14H2,1-6H3,(H2,22,23,24);1H. The van der Waals surface area contributed by atoms with Crippen LogP contribution in [0.25, 0.3) is 0 Å². The number of nitrogens with one attached hydrogen (secondary N) is 2. The van der Waals surface area contributed by atoms with E-state index in [2.05, 4.69) is 24.5 Å². The van der Waals surface area contributed by atoms with Crippen molar-refractivity contribution in [1.29, 1.82) is 0 Å². The van der Waals surface area contributed by atoms with E-state index >= 15 is 0 Å². The molecule has 0 aromatic heterocycles. The summed E-state index contributed by atoms with van der Waals surface area (Å²) in [6.07, 6.45) is 1.85. The molecule has 0 aliphatic heterocycles. The molecule has 8 heteroatoms. The number of rotatable bonds is 12. The van der Waals surface area contributed by atoms with E-state index in [0.29, 0.717) is 35.6 Å². The van der Waals surface area contributed by atoms with Crippen molar-refractivity contribution in [2.75, 3.05) is 41.0 Å². The van der Waals surface area contributed by atoms with Crippen LogP contribution in [-0.4, -0.2) is 52.1 Å². The van der Waals surface area contributed by atoms with Gasteiger partial charge < -0.3 is 30.0 Å². The quantitative estimate of drug-likeness (QED) is 0.221. The van der Waals surface area contributed by atoms with Crippen molar-refractivity contribution >= 4 is 29.9 Å². The second kappa shape index (κ2) is 15.4. The minimum atomic E-state index is 0. The molecule has 3 N–H and O–H groups in total. The molecule has 0 saturated carbocycles. The number of hydrogen-bond donors (Lipinski definition) is 3. The molecule has 0 bridgehead atoms. The summed E-state index contributed by atoms with van der Waals surface area (Å²) in [5.74, 6) is 3.74. The minimum absolute atomic E-state index is 0. The Hall–Kier alpha value is -1.42. The summed E-state index contributed by atoms with van der Waals surface area (Å²) in [6, 6.07) is 3.65. The third-order valence-corrected chi connectivity index (χ3v) is 4.46. The highest BCUT2D eigenvalue weighted by molar-refractivity contribution is 14.0. The van der Waals surface area contributed by atoms with Crippen molar-refractivity contribution < 1.29 is 19.3 Å². The number of aliphatic imine (C=N–C) groups is 1. The average Bonchev–Trinajstić information content (AvgIpc) is 2.68. The normalized spacial score (nSPS) is 12.2. The fourth-order valence-electron chi connectivity index (χ4n) is 3.13. The van der Waals surface area contributed by atoms with Crippen molar-refractivity contribution in [3.05, 3.63) is 17.7 Å². The zero-order chi connectivity index (χ0) is 20.9. The highest BCUT2D eigenvalue weighted by Crippen LogP contribution is 2.34. The zero-order valence-electron chi connectivity index (χ0n) is 18.6. The third kappa shape index (κ3) is 9.75. The molecule has 0 heterocycles. The Morgan fingerprint density at radius 1 is 1.07 bits per heavy atom. The number of guanidine groups is 1. The predicted molar refractivity (Wildman–Crippen MR) is 129 cm³/mol. The van der Waals surface area contributed by atoms with Crippen LogP contribution in [0, 0.1) is 11.8 Å². The van der Waals surface area contributed by atoms with Crippen molar-refractivity contribution in [2.45, 2.75) is 40.2 Å². The van der Waals surface area contributed by atoms with Crippen LogP contribution in [-0.2, 0) is 6.54 Å². The van der Waals surface area contributed by atoms with E-state index in [4.69, 9.17) is 19.2 Å². The highest BCUT2D eigenvalue weighted by Gasteiger charge is 2.14. The molecule has 0 aliphatic rings. The maximum atomic E-state index is 9.32. The molecule has 1 aromatic carbocycles. The molecule has 1 aromatic rings. The second-order valence-corrected chi connectivity index (χ2v) is 7.09. The van der Waals surface area contributed by atoms with Gasteiger partial charge in [0.15, 0.2) is 5.96 Å². The average molecular weight is 523 g/mol. The van der Waals surface area contributed by atoms with E-state index in [-0.39, 0.29) is 30.6 Å². The molecule has 0 radical (unpaired) electrons. The van der Waals surface area contributed by atoms with E-state index in [0.717, 1.165) is 37.5 Å². The molecular weight excluding hydrogens is 485 g/mol. The number of halogens is 1. The molecule has 1 unspecified atom stereocenters. The molecule has 0 spiro atoms. The molecule has 0 fully saturated rings. The van der Waals surface area contributed by atoms with Crippen LogP contribution in [0.2, 0.25) is 0 Å². The van der Waals surface area contributed by atoms with E-state index in [1.165, 1.54) is 0 Å². The van der Waals surface area contributed by atoms with Gasteiger partial charge in [0.1, 0.15) is 17.2 Å². The Labute approximate surface area is 192 Å². The number of aliphatic hydroxyl groups is 1. The topological polar surface area (TPSA) is 84.3 Å². The highest BCUT2D eigenvalue weighted by atomic mass is 127. The van der Waals surface area contributed by atoms with Crippen LogP contribution in [0.3, 0.4) is 0 Å². The lowest BCUT2D eigenvalue weighted by Crippen LogP contribution is -2.40. The van der Waals surface area contributed by atoms with Crippen molar-refractivity contribution in [1.82, 2.24) is 10.6 Å². The van der Waals surface area contributed by atoms with Gasteiger partial charge in [0.05, 0.1) is 33.4 Å². The lowest BCUT2D eigenvalue weighted by Gasteiger charge is -2.20. The van der Waals surface area contributed by atoms with Crippen LogP contribution < -0.4 is 24.8 Å². The smallest absolute Gasteiger partial charge is 0.191 e. The number of aliphatic hydroxyl groups excluding tert-OH is 1. The van der Waals surface area contributed by atoms with Crippen molar-refractivity contribution in [2.24, 2.45) is 16.8 Å². The molecule has 0 aliphatic carbocycles. The van der Waals surface area contributed by atoms with Gasteiger partial charge in [-0.05, 0) is 31.6 Å². The third-order valence-electron chi connectivity index (χ3n) is 4.46. The number of nitrogens with zero attached hydrogens (tertiary/aromatic N) is 1. The number of benzene rings is 1. The fraction of sp³-hybridized carbons (Fsp3) is 0.667. The van der Waals surface area contributed by atoms with Crippen molar-refractivity contribution in [3.63, 3.8) is 0 Å². The molecule has 1 atom stereocenters. The molecular formula is C21H38IN3O4. The Kier molecular flexibility index (Phi) is 14.7. The van der Waals surface area contributed by atoms with Crippen LogP contribution in [0.15, 0.2) is 17.1 Å². The van der Waals surface area contributed by atoms with Gasteiger partial charge in [-0.3, -0.25) is 0 Å². The van der Waals surface area contributed by atoms with Gasteiger partial charge in [-0.15, -0.1) is 24.0 Å². The first kappa shape index (κ1) is 27.6. The Balaban J connectivity index is 0.00000784. The Bertz CT molecular complexity index is 587. The lowest BCUT2D eigenvalue weighted by atomic mass is 9.94. The molecule has 1 rings (SSSR count). The summed E-state index contributed by atoms with van der Waals surface area (Å²) in [6.45, 7) is 8.56. The first-order chi connectivity index (χ1) is 13.5. The van der Waals surface area contributed by atoms with E-state index in [1.54, 1.807) is 21.3 Å². The molecule has 0 saturated heterocycles. The van der Waals surface area contributed by atoms with Gasteiger partial charge in [-0.25, -0.2) is 4.99 Å². The maximum absolute atomic E-state index is 9.32. The summed E-state index contributed by atoms with van der Waals surface area (Å²) in [7, 11) is 4.85. The summed E-state index contributed by atoms with van der Waals surface area (Å²) < 4.78 is 16.3. The summed E-state index contributed by atoms with van der Waals surface area (Å²) in [5, 5.41) is 16.0. The summed E-state index contributed by atoms with van der Waals surface area (Å²) >= 11 is 0. The largest absolute Gasteiger partial charge is 0.496 e. The predicted octanol–water partition coefficient (Wildman–Crippen LogP) is 3.43.